The maximum absolute atomic E-state index is 10.1. The standard InChI is InChI=1S/C8H15NO/c1-4-7(3)6-8(5-2)9-10/h6,8H,4-5H2,1-3H3/b7-6-/t8-/m1/s1. The summed E-state index contributed by atoms with van der Waals surface area (Å²) in [5, 5.41) is 2.97. The molecule has 0 aliphatic rings. The van der Waals surface area contributed by atoms with E-state index >= 15 is 0 Å². The van der Waals surface area contributed by atoms with Crippen molar-refractivity contribution in [3.63, 3.8) is 0 Å². The SMILES string of the molecule is CC/C(C)=C\[C@@H](CC)N=O. The van der Waals surface area contributed by atoms with E-state index < -0.39 is 0 Å². The molecule has 0 saturated carbocycles. The van der Waals surface area contributed by atoms with Crippen molar-refractivity contribution < 1.29 is 0 Å². The molecule has 0 spiro atoms. The van der Waals surface area contributed by atoms with Crippen molar-refractivity contribution in [3.05, 3.63) is 16.6 Å². The first kappa shape index (κ1) is 9.34. The van der Waals surface area contributed by atoms with E-state index in [1.54, 1.807) is 0 Å². The maximum Gasteiger partial charge on any atom is 0.110 e. The Hall–Kier alpha value is -0.660. The second kappa shape index (κ2) is 5.15. The van der Waals surface area contributed by atoms with Crippen molar-refractivity contribution in [3.8, 4) is 0 Å². The summed E-state index contributed by atoms with van der Waals surface area (Å²) in [6.45, 7) is 6.06. The molecule has 0 bridgehead atoms. The van der Waals surface area contributed by atoms with Crippen LogP contribution in [-0.2, 0) is 0 Å². The van der Waals surface area contributed by atoms with Crippen molar-refractivity contribution in [2.24, 2.45) is 5.18 Å². The van der Waals surface area contributed by atoms with E-state index in [0.717, 1.165) is 12.8 Å². The van der Waals surface area contributed by atoms with Gasteiger partial charge in [0.1, 0.15) is 6.04 Å². The smallest absolute Gasteiger partial charge is 0.110 e. The first-order valence-electron chi connectivity index (χ1n) is 3.74. The molecule has 2 nitrogen and oxygen atoms in total. The highest BCUT2D eigenvalue weighted by molar-refractivity contribution is 5.02. The summed E-state index contributed by atoms with van der Waals surface area (Å²) in [6, 6.07) is -0.111. The number of hydrogen-bond donors (Lipinski definition) is 0. The Morgan fingerprint density at radius 2 is 2.20 bits per heavy atom. The van der Waals surface area contributed by atoms with Crippen LogP contribution in [0.4, 0.5) is 0 Å². The molecule has 0 fully saturated rings. The van der Waals surface area contributed by atoms with Crippen LogP contribution in [0.15, 0.2) is 16.8 Å². The van der Waals surface area contributed by atoms with Gasteiger partial charge in [0.15, 0.2) is 0 Å². The van der Waals surface area contributed by atoms with E-state index in [1.807, 2.05) is 19.9 Å². The second-order valence-electron chi connectivity index (χ2n) is 2.45. The number of rotatable bonds is 4. The lowest BCUT2D eigenvalue weighted by atomic mass is 10.1. The summed E-state index contributed by atoms with van der Waals surface area (Å²) in [5.74, 6) is 0. The average Bonchev–Trinajstić information content (AvgIpc) is 1.99. The van der Waals surface area contributed by atoms with Gasteiger partial charge in [-0.05, 0) is 19.8 Å². The van der Waals surface area contributed by atoms with Crippen LogP contribution in [0.5, 0.6) is 0 Å². The van der Waals surface area contributed by atoms with Gasteiger partial charge in [-0.15, -0.1) is 0 Å². The fraction of sp³-hybridized carbons (Fsp3) is 0.750. The van der Waals surface area contributed by atoms with Crippen molar-refractivity contribution >= 4 is 0 Å². The average molecular weight is 141 g/mol. The third-order valence-corrected chi connectivity index (χ3v) is 1.59. The quantitative estimate of drug-likeness (QED) is 0.437. The molecule has 0 aromatic rings. The first-order valence-corrected chi connectivity index (χ1v) is 3.74. The van der Waals surface area contributed by atoms with Gasteiger partial charge in [0.05, 0.1) is 0 Å². The third kappa shape index (κ3) is 3.38. The predicted octanol–water partition coefficient (Wildman–Crippen LogP) is 2.89. The monoisotopic (exact) mass is 141 g/mol. The van der Waals surface area contributed by atoms with Gasteiger partial charge in [-0.25, -0.2) is 0 Å². The molecule has 0 radical (unpaired) electrons. The molecule has 0 aromatic heterocycles. The fourth-order valence-electron chi connectivity index (χ4n) is 0.669. The van der Waals surface area contributed by atoms with Gasteiger partial charge >= 0.3 is 0 Å². The summed E-state index contributed by atoms with van der Waals surface area (Å²) in [6.07, 6.45) is 3.75. The van der Waals surface area contributed by atoms with E-state index in [0.29, 0.717) is 0 Å². The zero-order valence-electron chi connectivity index (χ0n) is 6.92. The maximum atomic E-state index is 10.1. The second-order valence-corrected chi connectivity index (χ2v) is 2.45. The Kier molecular flexibility index (Phi) is 4.81. The van der Waals surface area contributed by atoms with E-state index in [-0.39, 0.29) is 6.04 Å². The van der Waals surface area contributed by atoms with Crippen LogP contribution in [0.25, 0.3) is 0 Å². The van der Waals surface area contributed by atoms with E-state index in [4.69, 9.17) is 0 Å². The highest BCUT2D eigenvalue weighted by atomic mass is 16.3. The highest BCUT2D eigenvalue weighted by Gasteiger charge is 1.99. The topological polar surface area (TPSA) is 29.4 Å². The van der Waals surface area contributed by atoms with E-state index in [2.05, 4.69) is 12.1 Å². The van der Waals surface area contributed by atoms with Gasteiger partial charge in [0, 0.05) is 0 Å². The molecule has 0 unspecified atom stereocenters. The van der Waals surface area contributed by atoms with Gasteiger partial charge in [0.25, 0.3) is 0 Å². The number of nitroso groups, excluding NO2 is 1. The molecule has 58 valence electrons. The Labute approximate surface area is 62.3 Å². The summed E-state index contributed by atoms with van der Waals surface area (Å²) >= 11 is 0. The Morgan fingerprint density at radius 1 is 1.60 bits per heavy atom. The van der Waals surface area contributed by atoms with Crippen molar-refractivity contribution in [2.45, 2.75) is 39.7 Å². The van der Waals surface area contributed by atoms with Crippen LogP contribution in [0, 0.1) is 4.91 Å². The zero-order valence-corrected chi connectivity index (χ0v) is 6.92. The Balaban J connectivity index is 3.92. The van der Waals surface area contributed by atoms with Gasteiger partial charge < -0.3 is 0 Å². The summed E-state index contributed by atoms with van der Waals surface area (Å²) in [4.78, 5) is 10.1. The van der Waals surface area contributed by atoms with Crippen LogP contribution in [-0.4, -0.2) is 6.04 Å². The van der Waals surface area contributed by atoms with Gasteiger partial charge in [-0.1, -0.05) is 30.7 Å². The predicted molar refractivity (Wildman–Crippen MR) is 43.9 cm³/mol. The lowest BCUT2D eigenvalue weighted by Gasteiger charge is -1.99. The molecule has 0 aromatic carbocycles. The molecule has 0 saturated heterocycles. The molecular weight excluding hydrogens is 126 g/mol. The van der Waals surface area contributed by atoms with Crippen LogP contribution in [0.2, 0.25) is 0 Å². The fourth-order valence-corrected chi connectivity index (χ4v) is 0.669. The van der Waals surface area contributed by atoms with Gasteiger partial charge in [0.2, 0.25) is 0 Å². The van der Waals surface area contributed by atoms with Crippen molar-refractivity contribution in [1.29, 1.82) is 0 Å². The molecule has 0 amide bonds. The molecule has 0 rings (SSSR count). The molecule has 1 atom stereocenters. The lowest BCUT2D eigenvalue weighted by Crippen LogP contribution is -1.96. The Bertz CT molecular complexity index is 129. The molecule has 10 heavy (non-hydrogen) atoms. The van der Waals surface area contributed by atoms with E-state index in [9.17, 15) is 4.91 Å². The molecular formula is C8H15NO. The minimum Gasteiger partial charge on any atom is -0.150 e. The molecule has 0 aliphatic carbocycles. The van der Waals surface area contributed by atoms with Crippen LogP contribution < -0.4 is 0 Å². The van der Waals surface area contributed by atoms with E-state index in [1.165, 1.54) is 5.57 Å². The zero-order chi connectivity index (χ0) is 7.98. The third-order valence-electron chi connectivity index (χ3n) is 1.59. The van der Waals surface area contributed by atoms with Crippen molar-refractivity contribution in [1.82, 2.24) is 0 Å². The van der Waals surface area contributed by atoms with Crippen LogP contribution in [0.3, 0.4) is 0 Å². The molecule has 0 aliphatic heterocycles. The van der Waals surface area contributed by atoms with Crippen molar-refractivity contribution in [2.75, 3.05) is 0 Å². The van der Waals surface area contributed by atoms with Gasteiger partial charge in [-0.3, -0.25) is 0 Å². The minimum absolute atomic E-state index is 0.111. The summed E-state index contributed by atoms with van der Waals surface area (Å²) < 4.78 is 0. The Morgan fingerprint density at radius 3 is 2.50 bits per heavy atom. The first-order chi connectivity index (χ1) is 4.74. The van der Waals surface area contributed by atoms with Crippen LogP contribution in [0.1, 0.15) is 33.6 Å². The lowest BCUT2D eigenvalue weighted by molar-refractivity contribution is 0.767. The molecule has 2 heteroatoms. The number of hydrogen-bond acceptors (Lipinski definition) is 2. The van der Waals surface area contributed by atoms with Crippen LogP contribution >= 0.6 is 0 Å². The normalized spacial score (nSPS) is 14.9. The van der Waals surface area contributed by atoms with Gasteiger partial charge in [-0.2, -0.15) is 4.91 Å². The molecule has 0 N–H and O–H groups in total. The number of allylic oxidation sites excluding steroid dienone is 1. The largest absolute Gasteiger partial charge is 0.150 e. The summed E-state index contributed by atoms with van der Waals surface area (Å²) in [7, 11) is 0. The highest BCUT2D eigenvalue weighted by Crippen LogP contribution is 2.05. The molecule has 0 heterocycles. The summed E-state index contributed by atoms with van der Waals surface area (Å²) in [5.41, 5.74) is 1.24. The minimum atomic E-state index is -0.111. The number of nitrogens with zero attached hydrogens (tertiary/aromatic N) is 1.